The lowest BCUT2D eigenvalue weighted by Crippen LogP contribution is -2.34. The van der Waals surface area contributed by atoms with Crippen LogP contribution in [0.25, 0.3) is 11.4 Å². The maximum absolute atomic E-state index is 14.0. The maximum atomic E-state index is 14.0. The molecule has 0 bridgehead atoms. The van der Waals surface area contributed by atoms with E-state index in [1.165, 1.54) is 6.07 Å². The Morgan fingerprint density at radius 2 is 2.12 bits per heavy atom. The number of rotatable bonds is 4. The molecule has 6 nitrogen and oxygen atoms in total. The topological polar surface area (TPSA) is 60.1 Å². The van der Waals surface area contributed by atoms with Crippen molar-refractivity contribution in [3.8, 4) is 11.4 Å². The summed E-state index contributed by atoms with van der Waals surface area (Å²) in [7, 11) is 0.649. The minimum Gasteiger partial charge on any atom is -0.303 e. The van der Waals surface area contributed by atoms with Gasteiger partial charge >= 0.3 is 0 Å². The van der Waals surface area contributed by atoms with Gasteiger partial charge in [0.05, 0.1) is 23.7 Å². The first-order valence-corrected chi connectivity index (χ1v) is 9.81. The molecule has 0 aliphatic carbocycles. The zero-order valence-electron chi connectivity index (χ0n) is 13.5. The lowest BCUT2D eigenvalue weighted by molar-refractivity contribution is 0.196. The summed E-state index contributed by atoms with van der Waals surface area (Å²) in [5, 5.41) is 4.43. The summed E-state index contributed by atoms with van der Waals surface area (Å²) in [5.41, 5.74) is 0.385. The molecule has 1 aliphatic heterocycles. The lowest BCUT2D eigenvalue weighted by atomic mass is 10.2. The van der Waals surface area contributed by atoms with Crippen LogP contribution in [0.2, 0.25) is 0 Å². The minimum atomic E-state index is -2.95. The van der Waals surface area contributed by atoms with Gasteiger partial charge in [-0.1, -0.05) is 12.1 Å². The first-order valence-electron chi connectivity index (χ1n) is 7.58. The fourth-order valence-corrected chi connectivity index (χ4v) is 4.90. The number of sulfone groups is 1. The summed E-state index contributed by atoms with van der Waals surface area (Å²) < 4.78 is 41.0. The van der Waals surface area contributed by atoms with Gasteiger partial charge in [0.1, 0.15) is 5.82 Å². The molecule has 2 heterocycles. The molecule has 1 saturated heterocycles. The molecule has 1 aromatic heterocycles. The van der Waals surface area contributed by atoms with Gasteiger partial charge in [-0.25, -0.2) is 17.5 Å². The number of halogens is 1. The SMILES string of the molecule is CN(Cn1nc(-c2ccccc2F)n(C)c1=S)C1CCS(=O)(=O)C1. The smallest absolute Gasteiger partial charge is 0.199 e. The molecule has 1 aromatic carbocycles. The summed E-state index contributed by atoms with van der Waals surface area (Å²) >= 11 is 5.39. The second-order valence-corrected chi connectivity index (χ2v) is 8.69. The van der Waals surface area contributed by atoms with Crippen LogP contribution in [0.15, 0.2) is 24.3 Å². The van der Waals surface area contributed by atoms with E-state index in [2.05, 4.69) is 5.10 Å². The van der Waals surface area contributed by atoms with Gasteiger partial charge in [-0.15, -0.1) is 0 Å². The molecule has 3 rings (SSSR count). The van der Waals surface area contributed by atoms with Gasteiger partial charge < -0.3 is 4.57 Å². The third-order valence-corrected chi connectivity index (χ3v) is 6.58. The summed E-state index contributed by atoms with van der Waals surface area (Å²) in [6.45, 7) is 0.362. The molecule has 2 aromatic rings. The Morgan fingerprint density at radius 3 is 2.75 bits per heavy atom. The normalized spacial score (nSPS) is 19.9. The van der Waals surface area contributed by atoms with E-state index < -0.39 is 9.84 Å². The van der Waals surface area contributed by atoms with Crippen molar-refractivity contribution in [2.75, 3.05) is 18.6 Å². The number of hydrogen-bond acceptors (Lipinski definition) is 5. The number of hydrogen-bond donors (Lipinski definition) is 0. The molecular formula is C15H19FN4O2S2. The third kappa shape index (κ3) is 3.28. The third-order valence-electron chi connectivity index (χ3n) is 4.34. The Morgan fingerprint density at radius 1 is 1.42 bits per heavy atom. The zero-order valence-corrected chi connectivity index (χ0v) is 15.1. The monoisotopic (exact) mass is 370 g/mol. The molecule has 1 unspecified atom stereocenters. The molecule has 9 heteroatoms. The largest absolute Gasteiger partial charge is 0.303 e. The van der Waals surface area contributed by atoms with E-state index in [9.17, 15) is 12.8 Å². The maximum Gasteiger partial charge on any atom is 0.199 e. The first kappa shape index (κ1) is 17.2. The van der Waals surface area contributed by atoms with Crippen LogP contribution in [-0.4, -0.2) is 52.3 Å². The quantitative estimate of drug-likeness (QED) is 0.769. The van der Waals surface area contributed by atoms with Crippen LogP contribution in [0, 0.1) is 10.6 Å². The van der Waals surface area contributed by atoms with Crippen LogP contribution >= 0.6 is 12.2 Å². The molecule has 0 amide bonds. The van der Waals surface area contributed by atoms with Crippen LogP contribution in [0.1, 0.15) is 6.42 Å². The average molecular weight is 370 g/mol. The average Bonchev–Trinajstić information content (AvgIpc) is 3.02. The molecule has 0 radical (unpaired) electrons. The van der Waals surface area contributed by atoms with Crippen molar-refractivity contribution in [1.82, 2.24) is 19.2 Å². The van der Waals surface area contributed by atoms with Crippen molar-refractivity contribution < 1.29 is 12.8 Å². The van der Waals surface area contributed by atoms with E-state index in [1.54, 1.807) is 34.5 Å². The predicted octanol–water partition coefficient (Wildman–Crippen LogP) is 1.83. The molecule has 1 fully saturated rings. The van der Waals surface area contributed by atoms with Crippen molar-refractivity contribution >= 4 is 22.1 Å². The molecule has 1 atom stereocenters. The number of benzene rings is 1. The second-order valence-electron chi connectivity index (χ2n) is 6.10. The van der Waals surface area contributed by atoms with Crippen molar-refractivity contribution in [3.63, 3.8) is 0 Å². The molecule has 1 aliphatic rings. The van der Waals surface area contributed by atoms with Gasteiger partial charge in [-0.2, -0.15) is 5.10 Å². The van der Waals surface area contributed by atoms with Gasteiger partial charge in [0.2, 0.25) is 0 Å². The fraction of sp³-hybridized carbons (Fsp3) is 0.467. The van der Waals surface area contributed by atoms with Gasteiger partial charge in [0.25, 0.3) is 0 Å². The van der Waals surface area contributed by atoms with Gasteiger partial charge in [-0.3, -0.25) is 4.90 Å². The van der Waals surface area contributed by atoms with Crippen LogP contribution in [0.3, 0.4) is 0 Å². The highest BCUT2D eigenvalue weighted by molar-refractivity contribution is 7.91. The van der Waals surface area contributed by atoms with Crippen molar-refractivity contribution in [3.05, 3.63) is 34.9 Å². The molecule has 130 valence electrons. The summed E-state index contributed by atoms with van der Waals surface area (Å²) in [6, 6.07) is 6.36. The Bertz CT molecular complexity index is 920. The summed E-state index contributed by atoms with van der Waals surface area (Å²) in [4.78, 5) is 1.93. The Kier molecular flexibility index (Phi) is 4.58. The van der Waals surface area contributed by atoms with Gasteiger partial charge in [0.15, 0.2) is 20.4 Å². The molecule has 24 heavy (non-hydrogen) atoms. The van der Waals surface area contributed by atoms with E-state index in [4.69, 9.17) is 12.2 Å². The highest BCUT2D eigenvalue weighted by Crippen LogP contribution is 2.22. The van der Waals surface area contributed by atoms with Crippen LogP contribution in [0.5, 0.6) is 0 Å². The first-order chi connectivity index (χ1) is 11.3. The summed E-state index contributed by atoms with van der Waals surface area (Å²) in [5.74, 6) is 0.466. The molecule has 0 N–H and O–H groups in total. The second kappa shape index (κ2) is 6.38. The van der Waals surface area contributed by atoms with Crippen molar-refractivity contribution in [2.24, 2.45) is 7.05 Å². The minimum absolute atomic E-state index is 0.0455. The fourth-order valence-electron chi connectivity index (χ4n) is 2.91. The van der Waals surface area contributed by atoms with E-state index in [-0.39, 0.29) is 23.4 Å². The Balaban J connectivity index is 1.87. The highest BCUT2D eigenvalue weighted by Gasteiger charge is 2.31. The lowest BCUT2D eigenvalue weighted by Gasteiger charge is -2.22. The predicted molar refractivity (Wildman–Crippen MR) is 92.2 cm³/mol. The van der Waals surface area contributed by atoms with Gasteiger partial charge in [-0.05, 0) is 37.8 Å². The molecule has 0 saturated carbocycles. The van der Waals surface area contributed by atoms with Crippen LogP contribution in [-0.2, 0) is 23.6 Å². The molecule has 0 spiro atoms. The molecular weight excluding hydrogens is 351 g/mol. The number of aromatic nitrogens is 3. The van der Waals surface area contributed by atoms with Crippen molar-refractivity contribution in [2.45, 2.75) is 19.1 Å². The Labute approximate surface area is 145 Å². The van der Waals surface area contributed by atoms with Crippen LogP contribution in [0.4, 0.5) is 4.39 Å². The standard InChI is InChI=1S/C15H19FN4O2S2/c1-18(11-7-8-24(21,22)9-11)10-20-15(23)19(2)14(17-20)12-5-3-4-6-13(12)16/h3-6,11H,7-10H2,1-2H3. The van der Waals surface area contributed by atoms with Crippen LogP contribution < -0.4 is 0 Å². The Hall–Kier alpha value is -1.58. The van der Waals surface area contributed by atoms with Gasteiger partial charge in [0, 0.05) is 13.1 Å². The van der Waals surface area contributed by atoms with Crippen molar-refractivity contribution in [1.29, 1.82) is 0 Å². The van der Waals surface area contributed by atoms with E-state index >= 15 is 0 Å². The highest BCUT2D eigenvalue weighted by atomic mass is 32.2. The van der Waals surface area contributed by atoms with E-state index in [0.717, 1.165) is 0 Å². The number of nitrogens with zero attached hydrogens (tertiary/aromatic N) is 4. The van der Waals surface area contributed by atoms with E-state index in [0.29, 0.717) is 29.2 Å². The summed E-state index contributed by atoms with van der Waals surface area (Å²) in [6.07, 6.45) is 0.610. The zero-order chi connectivity index (χ0) is 17.5. The van der Waals surface area contributed by atoms with E-state index in [1.807, 2.05) is 11.9 Å².